The van der Waals surface area contributed by atoms with Crippen LogP contribution in [-0.4, -0.2) is 36.9 Å². The number of ether oxygens (including phenoxy) is 1. The van der Waals surface area contributed by atoms with Crippen molar-refractivity contribution in [2.24, 2.45) is 0 Å². The van der Waals surface area contributed by atoms with Gasteiger partial charge in [-0.25, -0.2) is 0 Å². The molecule has 0 heterocycles. The minimum atomic E-state index is 0. The molecule has 0 bridgehead atoms. The van der Waals surface area contributed by atoms with Gasteiger partial charge in [0.25, 0.3) is 0 Å². The molecule has 0 radical (unpaired) electrons. The van der Waals surface area contributed by atoms with Gasteiger partial charge in [0.15, 0.2) is 5.78 Å². The molecule has 0 fully saturated rings. The van der Waals surface area contributed by atoms with Crippen LogP contribution in [0.4, 0.5) is 0 Å². The Kier molecular flexibility index (Phi) is 9.26. The normalized spacial score (nSPS) is 10.2. The fraction of sp³-hybridized carbons (Fsp3) is 0.562. The summed E-state index contributed by atoms with van der Waals surface area (Å²) in [4.78, 5) is 14.2. The molecule has 114 valence electrons. The molecule has 0 aliphatic rings. The second-order valence-corrected chi connectivity index (χ2v) is 4.65. The molecule has 0 aliphatic heterocycles. The molecule has 1 rings (SSSR count). The zero-order valence-corrected chi connectivity index (χ0v) is 13.8. The summed E-state index contributed by atoms with van der Waals surface area (Å²) >= 11 is 0. The first-order valence-electron chi connectivity index (χ1n) is 7.11. The van der Waals surface area contributed by atoms with E-state index in [1.807, 2.05) is 32.0 Å². The first-order valence-corrected chi connectivity index (χ1v) is 7.11. The minimum Gasteiger partial charge on any atom is -0.491 e. The summed E-state index contributed by atoms with van der Waals surface area (Å²) < 4.78 is 5.79. The molecule has 0 aliphatic carbocycles. The van der Waals surface area contributed by atoms with Crippen molar-refractivity contribution < 1.29 is 9.53 Å². The average molecular weight is 300 g/mol. The van der Waals surface area contributed by atoms with Crippen LogP contribution >= 0.6 is 12.4 Å². The fourth-order valence-corrected chi connectivity index (χ4v) is 2.00. The molecule has 1 aromatic carbocycles. The van der Waals surface area contributed by atoms with E-state index in [0.717, 1.165) is 25.2 Å². The lowest BCUT2D eigenvalue weighted by Gasteiger charge is -2.18. The van der Waals surface area contributed by atoms with Gasteiger partial charge in [0, 0.05) is 13.0 Å². The van der Waals surface area contributed by atoms with Crippen molar-refractivity contribution in [1.82, 2.24) is 4.90 Å². The van der Waals surface area contributed by atoms with Crippen LogP contribution in [0.25, 0.3) is 0 Å². The molecule has 1 aromatic rings. The number of nitrogens with zero attached hydrogens (tertiary/aromatic N) is 1. The lowest BCUT2D eigenvalue weighted by atomic mass is 10.1. The van der Waals surface area contributed by atoms with Crippen LogP contribution in [0, 0.1) is 6.92 Å². The van der Waals surface area contributed by atoms with Gasteiger partial charge >= 0.3 is 0 Å². The molecule has 0 amide bonds. The molecule has 0 N–H and O–H groups in total. The number of hydrogen-bond acceptors (Lipinski definition) is 3. The average Bonchev–Trinajstić information content (AvgIpc) is 2.44. The topological polar surface area (TPSA) is 29.5 Å². The van der Waals surface area contributed by atoms with Crippen molar-refractivity contribution in [3.8, 4) is 5.75 Å². The van der Waals surface area contributed by atoms with E-state index in [4.69, 9.17) is 4.74 Å². The number of hydrogen-bond donors (Lipinski definition) is 0. The molecule has 0 unspecified atom stereocenters. The van der Waals surface area contributed by atoms with Gasteiger partial charge in [-0.3, -0.25) is 4.79 Å². The van der Waals surface area contributed by atoms with E-state index in [-0.39, 0.29) is 18.2 Å². The van der Waals surface area contributed by atoms with Crippen LogP contribution < -0.4 is 4.74 Å². The lowest BCUT2D eigenvalue weighted by molar-refractivity contribution is 0.0983. The second-order valence-electron chi connectivity index (χ2n) is 4.65. The highest BCUT2D eigenvalue weighted by molar-refractivity contribution is 5.98. The number of ketones is 1. The zero-order valence-electron chi connectivity index (χ0n) is 12.9. The maximum absolute atomic E-state index is 11.9. The van der Waals surface area contributed by atoms with Crippen LogP contribution in [-0.2, 0) is 0 Å². The van der Waals surface area contributed by atoms with Crippen LogP contribution in [0.2, 0.25) is 0 Å². The first-order chi connectivity index (χ1) is 9.12. The summed E-state index contributed by atoms with van der Waals surface area (Å²) in [7, 11) is 0. The van der Waals surface area contributed by atoms with Crippen LogP contribution in [0.3, 0.4) is 0 Å². The van der Waals surface area contributed by atoms with E-state index in [1.165, 1.54) is 0 Å². The number of Topliss-reactive ketones (excluding diaryl/α,β-unsaturated/α-hetero) is 1. The van der Waals surface area contributed by atoms with Gasteiger partial charge in [-0.2, -0.15) is 0 Å². The number of likely N-dealkylation sites (N-methyl/N-ethyl adjacent to an activating group) is 1. The molecule has 3 nitrogen and oxygen atoms in total. The van der Waals surface area contributed by atoms with E-state index in [1.54, 1.807) is 0 Å². The number of aryl methyl sites for hydroxylation is 1. The molecule has 0 saturated carbocycles. The monoisotopic (exact) mass is 299 g/mol. The maximum atomic E-state index is 11.9. The number of benzene rings is 1. The van der Waals surface area contributed by atoms with E-state index < -0.39 is 0 Å². The Morgan fingerprint density at radius 1 is 1.20 bits per heavy atom. The quantitative estimate of drug-likeness (QED) is 0.685. The van der Waals surface area contributed by atoms with Crippen LogP contribution in [0.1, 0.15) is 43.1 Å². The third-order valence-corrected chi connectivity index (χ3v) is 3.32. The van der Waals surface area contributed by atoms with Gasteiger partial charge in [0.1, 0.15) is 12.4 Å². The largest absolute Gasteiger partial charge is 0.491 e. The third-order valence-electron chi connectivity index (χ3n) is 3.32. The van der Waals surface area contributed by atoms with Gasteiger partial charge < -0.3 is 9.64 Å². The molecule has 4 heteroatoms. The first kappa shape index (κ1) is 18.9. The smallest absolute Gasteiger partial charge is 0.166 e. The Hall–Kier alpha value is -1.06. The highest BCUT2D eigenvalue weighted by atomic mass is 35.5. The third kappa shape index (κ3) is 5.51. The summed E-state index contributed by atoms with van der Waals surface area (Å²) in [6, 6.07) is 5.80. The van der Waals surface area contributed by atoms with E-state index in [9.17, 15) is 4.79 Å². The molecule has 0 saturated heterocycles. The summed E-state index contributed by atoms with van der Waals surface area (Å²) in [5, 5.41) is 0. The van der Waals surface area contributed by atoms with Gasteiger partial charge in [0.2, 0.25) is 0 Å². The Bertz CT molecular complexity index is 417. The molecular formula is C16H26ClNO2. The summed E-state index contributed by atoms with van der Waals surface area (Å²) in [6.07, 6.45) is 0.510. The fourth-order valence-electron chi connectivity index (χ4n) is 2.00. The Morgan fingerprint density at radius 3 is 2.40 bits per heavy atom. The van der Waals surface area contributed by atoms with Crippen molar-refractivity contribution in [1.29, 1.82) is 0 Å². The van der Waals surface area contributed by atoms with Gasteiger partial charge in [-0.05, 0) is 32.1 Å². The Morgan fingerprint density at radius 2 is 1.85 bits per heavy atom. The van der Waals surface area contributed by atoms with E-state index in [2.05, 4.69) is 18.7 Å². The zero-order chi connectivity index (χ0) is 14.3. The molecular weight excluding hydrogens is 274 g/mol. The second kappa shape index (κ2) is 9.78. The van der Waals surface area contributed by atoms with E-state index >= 15 is 0 Å². The summed E-state index contributed by atoms with van der Waals surface area (Å²) in [6.45, 7) is 11.7. The predicted molar refractivity (Wildman–Crippen MR) is 86.3 cm³/mol. The molecule has 0 spiro atoms. The van der Waals surface area contributed by atoms with Crippen LogP contribution in [0.5, 0.6) is 5.75 Å². The molecule has 0 atom stereocenters. The standard InChI is InChI=1S/C16H25NO2.ClH/c1-5-15(18)14-12-13(4)8-9-16(14)19-11-10-17(6-2)7-3;/h8-9,12H,5-7,10-11H2,1-4H3;1H. The van der Waals surface area contributed by atoms with Gasteiger partial charge in [-0.15, -0.1) is 12.4 Å². The Balaban J connectivity index is 0.00000361. The molecule has 0 aromatic heterocycles. The van der Waals surface area contributed by atoms with Gasteiger partial charge in [-0.1, -0.05) is 32.4 Å². The van der Waals surface area contributed by atoms with E-state index in [0.29, 0.717) is 24.3 Å². The van der Waals surface area contributed by atoms with Gasteiger partial charge in [0.05, 0.1) is 5.56 Å². The number of halogens is 1. The van der Waals surface area contributed by atoms with Crippen molar-refractivity contribution in [3.63, 3.8) is 0 Å². The minimum absolute atomic E-state index is 0. The summed E-state index contributed by atoms with van der Waals surface area (Å²) in [5.74, 6) is 0.853. The summed E-state index contributed by atoms with van der Waals surface area (Å²) in [5.41, 5.74) is 1.80. The maximum Gasteiger partial charge on any atom is 0.166 e. The Labute approximate surface area is 128 Å². The highest BCUT2D eigenvalue weighted by Gasteiger charge is 2.11. The van der Waals surface area contributed by atoms with Crippen molar-refractivity contribution in [2.45, 2.75) is 34.1 Å². The van der Waals surface area contributed by atoms with Crippen molar-refractivity contribution in [3.05, 3.63) is 29.3 Å². The lowest BCUT2D eigenvalue weighted by Crippen LogP contribution is -2.28. The number of carbonyl (C=O) groups excluding carboxylic acids is 1. The highest BCUT2D eigenvalue weighted by Crippen LogP contribution is 2.21. The van der Waals surface area contributed by atoms with Crippen LogP contribution in [0.15, 0.2) is 18.2 Å². The number of rotatable bonds is 8. The van der Waals surface area contributed by atoms with Crippen molar-refractivity contribution in [2.75, 3.05) is 26.2 Å². The number of carbonyl (C=O) groups is 1. The van der Waals surface area contributed by atoms with Crippen molar-refractivity contribution >= 4 is 18.2 Å². The predicted octanol–water partition coefficient (Wildman–Crippen LogP) is 3.73. The molecule has 20 heavy (non-hydrogen) atoms. The SMILES string of the molecule is CCC(=O)c1cc(C)ccc1OCCN(CC)CC.Cl.